The van der Waals surface area contributed by atoms with Crippen LogP contribution in [0, 0.1) is 0 Å². The molecule has 8 heteroatoms. The predicted octanol–water partition coefficient (Wildman–Crippen LogP) is 1.68. The van der Waals surface area contributed by atoms with Crippen LogP contribution in [-0.2, 0) is 7.05 Å². The number of likely N-dealkylation sites (tertiary alicyclic amines) is 1. The van der Waals surface area contributed by atoms with Gasteiger partial charge < -0.3 is 15.1 Å². The molecule has 0 aromatic carbocycles. The Kier molecular flexibility index (Phi) is 5.37. The molecule has 25 heavy (non-hydrogen) atoms. The smallest absolute Gasteiger partial charge is 0.317 e. The number of nitrogens with one attached hydrogen (secondary N) is 2. The predicted molar refractivity (Wildman–Crippen MR) is 94.9 cm³/mol. The monoisotopic (exact) mass is 345 g/mol. The molecule has 2 aromatic heterocycles. The van der Waals surface area contributed by atoms with E-state index in [4.69, 9.17) is 0 Å². The lowest BCUT2D eigenvalue weighted by Crippen LogP contribution is -2.46. The Morgan fingerprint density at radius 1 is 1.44 bits per heavy atom. The van der Waals surface area contributed by atoms with E-state index in [0.717, 1.165) is 36.9 Å². The number of carbonyl (C=O) groups is 1. The number of likely N-dealkylation sites (N-methyl/N-ethyl adjacent to an activating group) is 1. The maximum atomic E-state index is 12.8. The first-order valence-electron chi connectivity index (χ1n) is 8.74. The van der Waals surface area contributed by atoms with Gasteiger partial charge in [0.2, 0.25) is 0 Å². The molecule has 3 rings (SSSR count). The van der Waals surface area contributed by atoms with Gasteiger partial charge in [-0.25, -0.2) is 4.79 Å². The van der Waals surface area contributed by atoms with Gasteiger partial charge in [-0.15, -0.1) is 0 Å². The maximum absolute atomic E-state index is 12.8. The molecule has 0 bridgehead atoms. The van der Waals surface area contributed by atoms with Gasteiger partial charge >= 0.3 is 6.03 Å². The van der Waals surface area contributed by atoms with Gasteiger partial charge in [-0.1, -0.05) is 0 Å². The van der Waals surface area contributed by atoms with Crippen molar-refractivity contribution in [3.8, 4) is 0 Å². The molecule has 136 valence electrons. The van der Waals surface area contributed by atoms with E-state index in [2.05, 4.69) is 25.5 Å². The first kappa shape index (κ1) is 17.5. The van der Waals surface area contributed by atoms with E-state index in [1.54, 1.807) is 4.68 Å². The highest BCUT2D eigenvalue weighted by atomic mass is 16.2. The molecule has 0 unspecified atom stereocenters. The molecular formula is C17H27N7O. The zero-order valence-corrected chi connectivity index (χ0v) is 15.1. The summed E-state index contributed by atoms with van der Waals surface area (Å²) in [5, 5.41) is 14.2. The Bertz CT molecular complexity index is 679. The van der Waals surface area contributed by atoms with Crippen LogP contribution in [0.3, 0.4) is 0 Å². The molecule has 0 spiro atoms. The molecule has 2 aromatic rings. The fourth-order valence-electron chi connectivity index (χ4n) is 3.46. The standard InChI is InChI=1S/C17H27N7O/c1-22(2)16(14-10-21-23(3)12-14)11-18-17(25)24-7-5-4-6-15(24)13-8-19-20-9-13/h8-10,12,15-16H,4-7,11H2,1-3H3,(H,18,25)(H,19,20)/t15-,16-/m0/s1. The molecule has 8 nitrogen and oxygen atoms in total. The third kappa shape index (κ3) is 4.01. The Hall–Kier alpha value is -2.35. The highest BCUT2D eigenvalue weighted by Gasteiger charge is 2.29. The molecule has 2 amide bonds. The van der Waals surface area contributed by atoms with Gasteiger partial charge in [-0.3, -0.25) is 9.78 Å². The summed E-state index contributed by atoms with van der Waals surface area (Å²) in [5.41, 5.74) is 2.17. The lowest BCUT2D eigenvalue weighted by Gasteiger charge is -2.36. The third-order valence-electron chi connectivity index (χ3n) is 4.85. The number of hydrogen-bond acceptors (Lipinski definition) is 4. The topological polar surface area (TPSA) is 82.1 Å². The van der Waals surface area contributed by atoms with Gasteiger partial charge in [0.15, 0.2) is 0 Å². The van der Waals surface area contributed by atoms with E-state index >= 15 is 0 Å². The van der Waals surface area contributed by atoms with Crippen molar-refractivity contribution in [2.24, 2.45) is 7.05 Å². The number of aryl methyl sites for hydroxylation is 1. The number of carbonyl (C=O) groups excluding carboxylic acids is 1. The van der Waals surface area contributed by atoms with Crippen LogP contribution in [0.1, 0.15) is 42.5 Å². The summed E-state index contributed by atoms with van der Waals surface area (Å²) in [6.07, 6.45) is 10.7. The highest BCUT2D eigenvalue weighted by molar-refractivity contribution is 5.75. The van der Waals surface area contributed by atoms with E-state index in [9.17, 15) is 4.79 Å². The number of urea groups is 1. The number of amides is 2. The number of aromatic amines is 1. The highest BCUT2D eigenvalue weighted by Crippen LogP contribution is 2.30. The van der Waals surface area contributed by atoms with Gasteiger partial charge in [-0.2, -0.15) is 10.2 Å². The molecule has 3 heterocycles. The molecule has 1 aliphatic heterocycles. The van der Waals surface area contributed by atoms with E-state index in [1.807, 2.05) is 50.8 Å². The Balaban J connectivity index is 1.65. The second-order valence-electron chi connectivity index (χ2n) is 6.85. The molecular weight excluding hydrogens is 318 g/mol. The molecule has 2 atom stereocenters. The lowest BCUT2D eigenvalue weighted by atomic mass is 9.98. The van der Waals surface area contributed by atoms with E-state index in [0.29, 0.717) is 6.54 Å². The average molecular weight is 345 g/mol. The van der Waals surface area contributed by atoms with Crippen LogP contribution in [0.5, 0.6) is 0 Å². The molecule has 1 fully saturated rings. The van der Waals surface area contributed by atoms with Gasteiger partial charge in [0, 0.05) is 43.7 Å². The summed E-state index contributed by atoms with van der Waals surface area (Å²) in [5.74, 6) is 0. The van der Waals surface area contributed by atoms with Crippen molar-refractivity contribution in [2.45, 2.75) is 31.3 Å². The Morgan fingerprint density at radius 2 is 2.28 bits per heavy atom. The molecule has 0 saturated carbocycles. The fourth-order valence-corrected chi connectivity index (χ4v) is 3.46. The van der Waals surface area contributed by atoms with Crippen molar-refractivity contribution in [3.05, 3.63) is 35.9 Å². The lowest BCUT2D eigenvalue weighted by molar-refractivity contribution is 0.148. The molecule has 0 radical (unpaired) electrons. The van der Waals surface area contributed by atoms with E-state index in [-0.39, 0.29) is 18.1 Å². The van der Waals surface area contributed by atoms with Crippen molar-refractivity contribution in [3.63, 3.8) is 0 Å². The number of H-pyrrole nitrogens is 1. The summed E-state index contributed by atoms with van der Waals surface area (Å²) >= 11 is 0. The van der Waals surface area contributed by atoms with Gasteiger partial charge in [0.05, 0.1) is 24.5 Å². The van der Waals surface area contributed by atoms with Crippen LogP contribution in [0.4, 0.5) is 4.79 Å². The quantitative estimate of drug-likeness (QED) is 0.864. The van der Waals surface area contributed by atoms with E-state index in [1.165, 1.54) is 0 Å². The number of hydrogen-bond donors (Lipinski definition) is 2. The summed E-state index contributed by atoms with van der Waals surface area (Å²) in [4.78, 5) is 16.8. The van der Waals surface area contributed by atoms with Crippen LogP contribution in [0.15, 0.2) is 24.8 Å². The minimum absolute atomic E-state index is 0.0124. The van der Waals surface area contributed by atoms with Crippen LogP contribution in [-0.4, -0.2) is 63.0 Å². The second kappa shape index (κ2) is 7.69. The van der Waals surface area contributed by atoms with Crippen molar-refractivity contribution >= 4 is 6.03 Å². The zero-order chi connectivity index (χ0) is 17.8. The largest absolute Gasteiger partial charge is 0.336 e. The van der Waals surface area contributed by atoms with Crippen LogP contribution in [0.2, 0.25) is 0 Å². The first-order valence-corrected chi connectivity index (χ1v) is 8.74. The molecule has 2 N–H and O–H groups in total. The maximum Gasteiger partial charge on any atom is 0.317 e. The molecule has 1 aliphatic rings. The number of piperidine rings is 1. The summed E-state index contributed by atoms with van der Waals surface area (Å²) < 4.78 is 1.78. The molecule has 1 saturated heterocycles. The number of nitrogens with zero attached hydrogens (tertiary/aromatic N) is 5. The van der Waals surface area contributed by atoms with Crippen molar-refractivity contribution < 1.29 is 4.79 Å². The summed E-state index contributed by atoms with van der Waals surface area (Å²) in [7, 11) is 5.93. The van der Waals surface area contributed by atoms with Crippen LogP contribution < -0.4 is 5.32 Å². The first-order chi connectivity index (χ1) is 12.1. The SMILES string of the molecule is CN(C)[C@@H](CNC(=O)N1CCCC[C@H]1c1cn[nH]c1)c1cnn(C)c1. The summed E-state index contributed by atoms with van der Waals surface area (Å²) in [6.45, 7) is 1.33. The van der Waals surface area contributed by atoms with Crippen molar-refractivity contribution in [2.75, 3.05) is 27.2 Å². The van der Waals surface area contributed by atoms with Gasteiger partial charge in [-0.05, 0) is 33.4 Å². The van der Waals surface area contributed by atoms with Crippen molar-refractivity contribution in [1.29, 1.82) is 0 Å². The van der Waals surface area contributed by atoms with Gasteiger partial charge in [0.1, 0.15) is 0 Å². The number of rotatable bonds is 5. The third-order valence-corrected chi connectivity index (χ3v) is 4.85. The Morgan fingerprint density at radius 3 is 2.92 bits per heavy atom. The van der Waals surface area contributed by atoms with Crippen LogP contribution >= 0.6 is 0 Å². The normalized spacial score (nSPS) is 19.2. The Labute approximate surface area is 148 Å². The van der Waals surface area contributed by atoms with E-state index < -0.39 is 0 Å². The zero-order valence-electron chi connectivity index (χ0n) is 15.1. The average Bonchev–Trinajstić information content (AvgIpc) is 3.26. The van der Waals surface area contributed by atoms with Crippen LogP contribution in [0.25, 0.3) is 0 Å². The molecule has 0 aliphatic carbocycles. The van der Waals surface area contributed by atoms with Gasteiger partial charge in [0.25, 0.3) is 0 Å². The van der Waals surface area contributed by atoms with Crippen molar-refractivity contribution in [1.82, 2.24) is 35.1 Å². The second-order valence-corrected chi connectivity index (χ2v) is 6.85. The fraction of sp³-hybridized carbons (Fsp3) is 0.588. The minimum atomic E-state index is -0.0124. The summed E-state index contributed by atoms with van der Waals surface area (Å²) in [6, 6.07) is 0.181. The minimum Gasteiger partial charge on any atom is -0.336 e. The number of aromatic nitrogens is 4.